The number of para-hydroxylation sites is 1. The van der Waals surface area contributed by atoms with Crippen molar-refractivity contribution in [3.05, 3.63) is 75.7 Å². The Hall–Kier alpha value is -4.12. The van der Waals surface area contributed by atoms with Gasteiger partial charge in [0.1, 0.15) is 11.6 Å². The summed E-state index contributed by atoms with van der Waals surface area (Å²) in [6.07, 6.45) is 0.301. The number of nitro groups is 1. The van der Waals surface area contributed by atoms with Crippen LogP contribution in [0.2, 0.25) is 0 Å². The van der Waals surface area contributed by atoms with Gasteiger partial charge in [-0.25, -0.2) is 0 Å². The molecule has 1 atom stereocenters. The molecular weight excluding hydrogens is 406 g/mol. The third kappa shape index (κ3) is 3.02. The highest BCUT2D eigenvalue weighted by molar-refractivity contribution is 6.04. The number of carbonyl (C=O) groups is 1. The summed E-state index contributed by atoms with van der Waals surface area (Å²) in [4.78, 5) is 27.6. The van der Waals surface area contributed by atoms with E-state index >= 15 is 0 Å². The zero-order valence-corrected chi connectivity index (χ0v) is 18.4. The summed E-state index contributed by atoms with van der Waals surface area (Å²) < 4.78 is 1.98. The summed E-state index contributed by atoms with van der Waals surface area (Å²) in [6.45, 7) is 1.80. The minimum Gasteiger partial charge on any atom is -0.363 e. The highest BCUT2D eigenvalue weighted by atomic mass is 16.6. The van der Waals surface area contributed by atoms with Gasteiger partial charge in [-0.05, 0) is 18.2 Å². The van der Waals surface area contributed by atoms with Gasteiger partial charge in [0.2, 0.25) is 0 Å². The van der Waals surface area contributed by atoms with Gasteiger partial charge in [-0.15, -0.1) is 0 Å². The van der Waals surface area contributed by atoms with Gasteiger partial charge in [0.05, 0.1) is 39.4 Å². The Morgan fingerprint density at radius 3 is 2.41 bits per heavy atom. The molecule has 3 aromatic rings. The van der Waals surface area contributed by atoms with Crippen molar-refractivity contribution in [3.63, 3.8) is 0 Å². The first-order chi connectivity index (χ1) is 15.3. The molecule has 0 spiro atoms. The van der Waals surface area contributed by atoms with Crippen molar-refractivity contribution in [1.29, 1.82) is 5.26 Å². The second kappa shape index (κ2) is 7.85. The number of Topliss-reactive ketones (excluding diaryl/α,β-unsaturated/α-hetero) is 1. The molecule has 1 unspecified atom stereocenters. The molecule has 0 saturated heterocycles. The molecule has 0 bridgehead atoms. The fourth-order valence-electron chi connectivity index (χ4n) is 4.50. The lowest BCUT2D eigenvalue weighted by molar-refractivity contribution is -0.384. The molecule has 0 N–H and O–H groups in total. The van der Waals surface area contributed by atoms with Gasteiger partial charge >= 0.3 is 0 Å². The molecule has 0 radical (unpaired) electrons. The molecule has 2 heterocycles. The summed E-state index contributed by atoms with van der Waals surface area (Å²) >= 11 is 0. The van der Waals surface area contributed by atoms with Crippen LogP contribution in [0.3, 0.4) is 0 Å². The van der Waals surface area contributed by atoms with Crippen molar-refractivity contribution in [3.8, 4) is 6.07 Å². The van der Waals surface area contributed by atoms with Crippen LogP contribution < -0.4 is 4.90 Å². The topological polar surface area (TPSA) is 95.4 Å². The van der Waals surface area contributed by atoms with Crippen molar-refractivity contribution in [2.24, 2.45) is 7.05 Å². The Bertz CT molecular complexity index is 1310. The van der Waals surface area contributed by atoms with Crippen molar-refractivity contribution in [2.75, 3.05) is 19.0 Å². The van der Waals surface area contributed by atoms with E-state index in [4.69, 9.17) is 0 Å². The van der Waals surface area contributed by atoms with E-state index in [-0.39, 0.29) is 11.5 Å². The fraction of sp³-hybridized carbons (Fsp3) is 0.250. The lowest BCUT2D eigenvalue weighted by Crippen LogP contribution is -2.36. The van der Waals surface area contributed by atoms with Crippen molar-refractivity contribution < 1.29 is 9.72 Å². The minimum absolute atomic E-state index is 0.0150. The standard InChI is InChI=1S/C24H23N5O3/c1-5-20(30)21-18(14-25)24(26(2)3)28(15-10-12-16(13-11-15)29(31)32)22-17-8-6-7-9-19(17)27(4)23(21)22/h6-13,21H,5H2,1-4H3. The third-order valence-corrected chi connectivity index (χ3v) is 5.90. The monoisotopic (exact) mass is 429 g/mol. The van der Waals surface area contributed by atoms with Crippen LogP contribution in [-0.2, 0) is 11.8 Å². The zero-order valence-electron chi connectivity index (χ0n) is 18.4. The summed E-state index contributed by atoms with van der Waals surface area (Å²) in [6, 6.07) is 16.4. The number of carbonyl (C=O) groups excluding carboxylic acids is 1. The first kappa shape index (κ1) is 21.1. The molecule has 1 aliphatic rings. The molecule has 1 aromatic heterocycles. The van der Waals surface area contributed by atoms with Gasteiger partial charge in [-0.3, -0.25) is 19.8 Å². The van der Waals surface area contributed by atoms with Gasteiger partial charge in [-0.1, -0.05) is 25.1 Å². The van der Waals surface area contributed by atoms with Gasteiger partial charge < -0.3 is 9.47 Å². The molecule has 1 aliphatic heterocycles. The van der Waals surface area contributed by atoms with Crippen molar-refractivity contribution in [1.82, 2.24) is 9.47 Å². The molecule has 32 heavy (non-hydrogen) atoms. The molecule has 2 aromatic carbocycles. The molecule has 0 amide bonds. The van der Waals surface area contributed by atoms with Gasteiger partial charge in [0.15, 0.2) is 0 Å². The largest absolute Gasteiger partial charge is 0.363 e. The number of nitriles is 1. The van der Waals surface area contributed by atoms with Crippen LogP contribution in [0.4, 0.5) is 17.1 Å². The molecule has 0 aliphatic carbocycles. The summed E-state index contributed by atoms with van der Waals surface area (Å²) in [5.74, 6) is -0.141. The predicted octanol–water partition coefficient (Wildman–Crippen LogP) is 4.60. The number of rotatable bonds is 5. The van der Waals surface area contributed by atoms with E-state index in [1.165, 1.54) is 12.1 Å². The molecule has 162 valence electrons. The maximum atomic E-state index is 13.1. The molecule has 0 fully saturated rings. The molecule has 8 nitrogen and oxygen atoms in total. The number of benzene rings is 2. The quantitative estimate of drug-likeness (QED) is 0.435. The number of hydrogen-bond donors (Lipinski definition) is 0. The first-order valence-corrected chi connectivity index (χ1v) is 10.3. The number of non-ortho nitro benzene ring substituents is 1. The number of aryl methyl sites for hydroxylation is 1. The zero-order chi connectivity index (χ0) is 23.2. The Morgan fingerprint density at radius 1 is 1.19 bits per heavy atom. The van der Waals surface area contributed by atoms with Crippen LogP contribution in [0, 0.1) is 21.4 Å². The summed E-state index contributed by atoms with van der Waals surface area (Å²) in [5, 5.41) is 22.3. The molecule has 4 rings (SSSR count). The number of nitrogens with zero attached hydrogens (tertiary/aromatic N) is 5. The number of fused-ring (bicyclic) bond motifs is 3. The second-order valence-electron chi connectivity index (χ2n) is 7.92. The Kier molecular flexibility index (Phi) is 5.18. The highest BCUT2D eigenvalue weighted by Gasteiger charge is 2.41. The Balaban J connectivity index is 2.13. The van der Waals surface area contributed by atoms with E-state index in [1.54, 1.807) is 19.1 Å². The maximum Gasteiger partial charge on any atom is 0.269 e. The number of hydrogen-bond acceptors (Lipinski definition) is 6. The molecule has 0 saturated carbocycles. The van der Waals surface area contributed by atoms with Crippen LogP contribution in [0.5, 0.6) is 0 Å². The van der Waals surface area contributed by atoms with E-state index in [2.05, 4.69) is 6.07 Å². The molecule has 8 heteroatoms. The third-order valence-electron chi connectivity index (χ3n) is 5.90. The Morgan fingerprint density at radius 2 is 1.84 bits per heavy atom. The highest BCUT2D eigenvalue weighted by Crippen LogP contribution is 2.50. The number of allylic oxidation sites excluding steroid dienone is 1. The smallest absolute Gasteiger partial charge is 0.269 e. The van der Waals surface area contributed by atoms with Crippen LogP contribution in [-0.4, -0.2) is 34.3 Å². The van der Waals surface area contributed by atoms with E-state index in [1.807, 2.05) is 59.8 Å². The second-order valence-corrected chi connectivity index (χ2v) is 7.92. The van der Waals surface area contributed by atoms with E-state index in [9.17, 15) is 20.2 Å². The van der Waals surface area contributed by atoms with Gasteiger partial charge in [0.25, 0.3) is 5.69 Å². The van der Waals surface area contributed by atoms with Gasteiger partial charge in [0, 0.05) is 50.8 Å². The molecular formula is C24H23N5O3. The number of nitro benzene ring substituents is 1. The lowest BCUT2D eigenvalue weighted by atomic mass is 9.85. The average molecular weight is 429 g/mol. The van der Waals surface area contributed by atoms with Crippen molar-refractivity contribution >= 4 is 33.7 Å². The number of anilines is 2. The number of aromatic nitrogens is 1. The van der Waals surface area contributed by atoms with E-state index in [0.717, 1.165) is 22.3 Å². The van der Waals surface area contributed by atoms with Crippen molar-refractivity contribution in [2.45, 2.75) is 19.3 Å². The number of ketones is 1. The van der Waals surface area contributed by atoms with Crippen LogP contribution in [0.15, 0.2) is 59.9 Å². The fourth-order valence-corrected chi connectivity index (χ4v) is 4.50. The normalized spacial score (nSPS) is 15.5. The van der Waals surface area contributed by atoms with Crippen LogP contribution >= 0.6 is 0 Å². The minimum atomic E-state index is -0.691. The maximum absolute atomic E-state index is 13.1. The average Bonchev–Trinajstić information content (AvgIpc) is 3.09. The predicted molar refractivity (Wildman–Crippen MR) is 123 cm³/mol. The van der Waals surface area contributed by atoms with Crippen LogP contribution in [0.25, 0.3) is 10.9 Å². The van der Waals surface area contributed by atoms with E-state index in [0.29, 0.717) is 23.5 Å². The van der Waals surface area contributed by atoms with Crippen LogP contribution in [0.1, 0.15) is 25.0 Å². The SMILES string of the molecule is CCC(=O)C1C(C#N)=C(N(C)C)N(c2ccc([N+](=O)[O-])cc2)c2c1n(C)c1ccccc21. The lowest BCUT2D eigenvalue weighted by Gasteiger charge is -2.39. The van der Waals surface area contributed by atoms with E-state index < -0.39 is 10.8 Å². The Labute approximate surface area is 185 Å². The van der Waals surface area contributed by atoms with Gasteiger partial charge in [-0.2, -0.15) is 5.26 Å². The first-order valence-electron chi connectivity index (χ1n) is 10.3. The summed E-state index contributed by atoms with van der Waals surface area (Å²) in [7, 11) is 5.56. The summed E-state index contributed by atoms with van der Waals surface area (Å²) in [5.41, 5.74) is 3.52.